The third kappa shape index (κ3) is 4.61. The van der Waals surface area contributed by atoms with E-state index in [4.69, 9.17) is 14.2 Å². The first-order valence-corrected chi connectivity index (χ1v) is 13.3. The molecule has 0 saturated carbocycles. The summed E-state index contributed by atoms with van der Waals surface area (Å²) in [6.45, 7) is 2.72. The number of benzene rings is 3. The van der Waals surface area contributed by atoms with Crippen LogP contribution in [0.1, 0.15) is 39.1 Å². The average Bonchev–Trinajstić information content (AvgIpc) is 3.35. The molecule has 0 unspecified atom stereocenters. The first kappa shape index (κ1) is 24.0. The lowest BCUT2D eigenvalue weighted by molar-refractivity contribution is -0.181. The fraction of sp³-hybridized carbons (Fsp3) is 0.310. The molecule has 7 nitrogen and oxygen atoms in total. The van der Waals surface area contributed by atoms with Crippen molar-refractivity contribution in [3.63, 3.8) is 0 Å². The predicted octanol–water partition coefficient (Wildman–Crippen LogP) is 4.99. The lowest BCUT2D eigenvalue weighted by atomic mass is 10.0. The van der Waals surface area contributed by atoms with Crippen molar-refractivity contribution in [2.45, 2.75) is 35.0 Å². The maximum atomic E-state index is 13.8. The fourth-order valence-corrected chi connectivity index (χ4v) is 6.24. The minimum Gasteiger partial charge on any atom is -0.497 e. The number of rotatable bonds is 4. The number of fused-ring (bicyclic) bond motifs is 2. The van der Waals surface area contributed by atoms with Gasteiger partial charge in [0.15, 0.2) is 5.79 Å². The number of anilines is 1. The van der Waals surface area contributed by atoms with Crippen molar-refractivity contribution < 1.29 is 23.8 Å². The first-order chi connectivity index (χ1) is 18.0. The van der Waals surface area contributed by atoms with E-state index < -0.39 is 5.79 Å². The zero-order chi connectivity index (χ0) is 25.4. The number of methoxy groups -OCH3 is 1. The Kier molecular flexibility index (Phi) is 6.40. The molecule has 0 N–H and O–H groups in total. The summed E-state index contributed by atoms with van der Waals surface area (Å²) in [5, 5.41) is 0. The molecule has 8 heteroatoms. The molecule has 3 heterocycles. The summed E-state index contributed by atoms with van der Waals surface area (Å²) in [5.74, 6) is 0.0603. The Morgan fingerprint density at radius 3 is 2.54 bits per heavy atom. The lowest BCUT2D eigenvalue weighted by Gasteiger charge is -2.37. The predicted molar refractivity (Wildman–Crippen MR) is 140 cm³/mol. The highest BCUT2D eigenvalue weighted by atomic mass is 32.2. The van der Waals surface area contributed by atoms with Crippen molar-refractivity contribution in [2.75, 3.05) is 38.3 Å². The minimum atomic E-state index is -0.535. The zero-order valence-corrected chi connectivity index (χ0v) is 21.5. The number of amides is 2. The summed E-state index contributed by atoms with van der Waals surface area (Å²) >= 11 is 1.55. The third-order valence-electron chi connectivity index (χ3n) is 7.18. The monoisotopic (exact) mass is 516 g/mol. The van der Waals surface area contributed by atoms with E-state index in [2.05, 4.69) is 0 Å². The van der Waals surface area contributed by atoms with Gasteiger partial charge in [-0.05, 0) is 48.0 Å². The van der Waals surface area contributed by atoms with Crippen LogP contribution in [-0.4, -0.2) is 55.9 Å². The van der Waals surface area contributed by atoms with Gasteiger partial charge in [0.1, 0.15) is 5.75 Å². The van der Waals surface area contributed by atoms with Crippen molar-refractivity contribution in [3.8, 4) is 5.75 Å². The Hall–Kier alpha value is -3.33. The summed E-state index contributed by atoms with van der Waals surface area (Å²) in [6, 6.07) is 21.0. The summed E-state index contributed by atoms with van der Waals surface area (Å²) < 4.78 is 17.0. The molecule has 0 aliphatic carbocycles. The van der Waals surface area contributed by atoms with E-state index in [1.807, 2.05) is 71.6 Å². The number of piperidine rings is 1. The average molecular weight is 517 g/mol. The number of hydrogen-bond donors (Lipinski definition) is 0. The maximum Gasteiger partial charge on any atom is 0.259 e. The normalized spacial score (nSPS) is 18.4. The molecule has 3 aromatic carbocycles. The summed E-state index contributed by atoms with van der Waals surface area (Å²) in [4.78, 5) is 32.8. The second kappa shape index (κ2) is 9.85. The molecule has 2 amide bonds. The van der Waals surface area contributed by atoms with Crippen molar-refractivity contribution in [1.82, 2.24) is 4.90 Å². The Bertz CT molecular complexity index is 1340. The number of carbonyl (C=O) groups excluding carboxylic acids is 2. The van der Waals surface area contributed by atoms with Crippen LogP contribution in [0.3, 0.4) is 0 Å². The van der Waals surface area contributed by atoms with Gasteiger partial charge in [-0.3, -0.25) is 9.59 Å². The topological polar surface area (TPSA) is 68.3 Å². The smallest absolute Gasteiger partial charge is 0.259 e. The van der Waals surface area contributed by atoms with Crippen molar-refractivity contribution in [2.24, 2.45) is 0 Å². The first-order valence-electron chi connectivity index (χ1n) is 12.5. The minimum absolute atomic E-state index is 0.0452. The highest BCUT2D eigenvalue weighted by Gasteiger charge is 2.41. The highest BCUT2D eigenvalue weighted by Crippen LogP contribution is 2.42. The Morgan fingerprint density at radius 2 is 1.76 bits per heavy atom. The Balaban J connectivity index is 1.33. The molecule has 3 aliphatic rings. The van der Waals surface area contributed by atoms with Crippen molar-refractivity contribution in [1.29, 1.82) is 0 Å². The molecular formula is C29H28N2O5S. The second-order valence-electron chi connectivity index (χ2n) is 9.42. The van der Waals surface area contributed by atoms with Gasteiger partial charge in [0, 0.05) is 41.3 Å². The molecule has 0 aromatic heterocycles. The van der Waals surface area contributed by atoms with E-state index in [9.17, 15) is 9.59 Å². The van der Waals surface area contributed by atoms with Crippen LogP contribution in [0.15, 0.2) is 76.5 Å². The van der Waals surface area contributed by atoms with Gasteiger partial charge in [0.05, 0.1) is 38.1 Å². The van der Waals surface area contributed by atoms with Gasteiger partial charge in [-0.1, -0.05) is 36.0 Å². The van der Waals surface area contributed by atoms with Crippen molar-refractivity contribution in [3.05, 3.63) is 83.4 Å². The van der Waals surface area contributed by atoms with Gasteiger partial charge in [0.25, 0.3) is 11.8 Å². The van der Waals surface area contributed by atoms with E-state index in [1.54, 1.807) is 23.8 Å². The van der Waals surface area contributed by atoms with Crippen LogP contribution >= 0.6 is 11.8 Å². The number of carbonyl (C=O) groups is 2. The van der Waals surface area contributed by atoms with Crippen LogP contribution in [0.2, 0.25) is 0 Å². The van der Waals surface area contributed by atoms with E-state index in [0.29, 0.717) is 56.8 Å². The van der Waals surface area contributed by atoms with E-state index in [-0.39, 0.29) is 11.8 Å². The molecule has 2 fully saturated rings. The lowest BCUT2D eigenvalue weighted by Crippen LogP contribution is -2.47. The highest BCUT2D eigenvalue weighted by molar-refractivity contribution is 7.99. The molecule has 3 aromatic rings. The molecule has 3 aliphatic heterocycles. The zero-order valence-electron chi connectivity index (χ0n) is 20.6. The standard InChI is InChI=1S/C29H28N2O5S/c1-34-22-6-4-5-20(17-22)19-31-24-18-21(27(32)30-13-11-29(12-14-30)35-15-16-36-29)9-10-26(24)37-25-8-3-2-7-23(25)28(31)33/h2-10,17-18H,11-16,19H2,1H3. The summed E-state index contributed by atoms with van der Waals surface area (Å²) in [7, 11) is 1.63. The molecule has 37 heavy (non-hydrogen) atoms. The van der Waals surface area contributed by atoms with Gasteiger partial charge >= 0.3 is 0 Å². The summed E-state index contributed by atoms with van der Waals surface area (Å²) in [5.41, 5.74) is 2.89. The van der Waals surface area contributed by atoms with Crippen LogP contribution < -0.4 is 9.64 Å². The molecule has 2 saturated heterocycles. The summed E-state index contributed by atoms with van der Waals surface area (Å²) in [6.07, 6.45) is 1.32. The van der Waals surface area contributed by atoms with Crippen LogP contribution in [0.5, 0.6) is 5.75 Å². The third-order valence-corrected chi connectivity index (χ3v) is 8.32. The maximum absolute atomic E-state index is 13.8. The van der Waals surface area contributed by atoms with E-state index >= 15 is 0 Å². The van der Waals surface area contributed by atoms with Gasteiger partial charge in [-0.2, -0.15) is 0 Å². The fourth-order valence-electron chi connectivity index (χ4n) is 5.18. The van der Waals surface area contributed by atoms with Gasteiger partial charge in [-0.15, -0.1) is 0 Å². The number of ether oxygens (including phenoxy) is 3. The van der Waals surface area contributed by atoms with Crippen LogP contribution in [0.4, 0.5) is 5.69 Å². The Morgan fingerprint density at radius 1 is 0.973 bits per heavy atom. The van der Waals surface area contributed by atoms with Gasteiger partial charge in [-0.25, -0.2) is 0 Å². The van der Waals surface area contributed by atoms with Crippen molar-refractivity contribution >= 4 is 29.3 Å². The molecule has 1 spiro atoms. The van der Waals surface area contributed by atoms with E-state index in [1.165, 1.54) is 0 Å². The molecule has 0 bridgehead atoms. The second-order valence-corrected chi connectivity index (χ2v) is 10.5. The number of likely N-dealkylation sites (tertiary alicyclic amines) is 1. The molecular weight excluding hydrogens is 488 g/mol. The van der Waals surface area contributed by atoms with Gasteiger partial charge in [0.2, 0.25) is 0 Å². The number of hydrogen-bond acceptors (Lipinski definition) is 6. The molecule has 0 atom stereocenters. The van der Waals surface area contributed by atoms with Crippen LogP contribution in [0, 0.1) is 0 Å². The SMILES string of the molecule is COc1cccc(CN2C(=O)c3ccccc3Sc3ccc(C(=O)N4CCC5(CC4)OCCO5)cc32)c1. The Labute approximate surface area is 220 Å². The quantitative estimate of drug-likeness (QED) is 0.487. The molecule has 190 valence electrons. The van der Waals surface area contributed by atoms with Crippen LogP contribution in [-0.2, 0) is 16.0 Å². The number of nitrogens with zero attached hydrogens (tertiary/aromatic N) is 2. The molecule has 6 rings (SSSR count). The van der Waals surface area contributed by atoms with Gasteiger partial charge < -0.3 is 24.0 Å². The van der Waals surface area contributed by atoms with E-state index in [0.717, 1.165) is 26.8 Å². The molecule has 0 radical (unpaired) electrons. The van der Waals surface area contributed by atoms with Crippen LogP contribution in [0.25, 0.3) is 0 Å². The largest absolute Gasteiger partial charge is 0.497 e.